The van der Waals surface area contributed by atoms with Crippen LogP contribution in [0.5, 0.6) is 0 Å². The molecule has 0 radical (unpaired) electrons. The highest BCUT2D eigenvalue weighted by atomic mass is 19.4. The number of nitrogens with zero attached hydrogens (tertiary/aromatic N) is 1. The van der Waals surface area contributed by atoms with Crippen molar-refractivity contribution in [1.82, 2.24) is 4.90 Å². The number of carbonyl (C=O) groups is 1. The van der Waals surface area contributed by atoms with Gasteiger partial charge in [0.25, 0.3) is 0 Å². The zero-order chi connectivity index (χ0) is 16.0. The van der Waals surface area contributed by atoms with E-state index in [1.807, 2.05) is 0 Å². The highest BCUT2D eigenvalue weighted by Crippen LogP contribution is 2.30. The van der Waals surface area contributed by atoms with Crippen molar-refractivity contribution in [2.75, 3.05) is 18.9 Å². The molecule has 0 saturated carbocycles. The van der Waals surface area contributed by atoms with E-state index in [2.05, 4.69) is 5.32 Å². The van der Waals surface area contributed by atoms with Crippen LogP contribution in [-0.4, -0.2) is 41.0 Å². The summed E-state index contributed by atoms with van der Waals surface area (Å²) < 4.78 is 37.6. The van der Waals surface area contributed by atoms with Gasteiger partial charge in [0.2, 0.25) is 0 Å². The summed E-state index contributed by atoms with van der Waals surface area (Å²) in [5.74, 6) is -0.941. The summed E-state index contributed by atoms with van der Waals surface area (Å²) in [7, 11) is 1.53. The molecule has 0 aliphatic rings. The SMILES string of the molecule is CN(CCCC(=O)O)C(O)Nc1cccc(C(F)(F)F)c1. The third-order valence-corrected chi connectivity index (χ3v) is 2.80. The predicted octanol–water partition coefficient (Wildman–Crippen LogP) is 2.19. The van der Waals surface area contributed by atoms with Crippen LogP contribution in [0.2, 0.25) is 0 Å². The van der Waals surface area contributed by atoms with Gasteiger partial charge in [0.05, 0.1) is 5.56 Å². The molecule has 21 heavy (non-hydrogen) atoms. The average Bonchev–Trinajstić information content (AvgIpc) is 2.37. The molecule has 3 N–H and O–H groups in total. The molecule has 0 fully saturated rings. The Balaban J connectivity index is 2.58. The molecule has 1 atom stereocenters. The predicted molar refractivity (Wildman–Crippen MR) is 70.6 cm³/mol. The van der Waals surface area contributed by atoms with E-state index >= 15 is 0 Å². The number of anilines is 1. The first kappa shape index (κ1) is 17.3. The summed E-state index contributed by atoms with van der Waals surface area (Å²) >= 11 is 0. The Kier molecular flexibility index (Phi) is 5.98. The normalized spacial score (nSPS) is 13.2. The minimum atomic E-state index is -4.45. The van der Waals surface area contributed by atoms with Crippen molar-refractivity contribution < 1.29 is 28.2 Å². The lowest BCUT2D eigenvalue weighted by Gasteiger charge is -2.25. The minimum Gasteiger partial charge on any atom is -0.481 e. The molecule has 0 aromatic heterocycles. The van der Waals surface area contributed by atoms with Gasteiger partial charge in [-0.05, 0) is 31.7 Å². The highest BCUT2D eigenvalue weighted by Gasteiger charge is 2.30. The van der Waals surface area contributed by atoms with E-state index in [0.717, 1.165) is 12.1 Å². The minimum absolute atomic E-state index is 0.0411. The maximum absolute atomic E-state index is 12.5. The van der Waals surface area contributed by atoms with Gasteiger partial charge in [-0.3, -0.25) is 9.69 Å². The Morgan fingerprint density at radius 1 is 1.43 bits per heavy atom. The molecule has 0 aliphatic carbocycles. The fourth-order valence-electron chi connectivity index (χ4n) is 1.65. The molecule has 0 amide bonds. The van der Waals surface area contributed by atoms with Crippen molar-refractivity contribution in [3.05, 3.63) is 29.8 Å². The Hall–Kier alpha value is -1.80. The maximum Gasteiger partial charge on any atom is 0.416 e. The van der Waals surface area contributed by atoms with E-state index < -0.39 is 24.1 Å². The van der Waals surface area contributed by atoms with E-state index in [-0.39, 0.29) is 12.1 Å². The number of nitrogens with one attached hydrogen (secondary N) is 1. The maximum atomic E-state index is 12.5. The van der Waals surface area contributed by atoms with Crippen LogP contribution in [-0.2, 0) is 11.0 Å². The van der Waals surface area contributed by atoms with Gasteiger partial charge in [-0.25, -0.2) is 0 Å². The van der Waals surface area contributed by atoms with Crippen molar-refractivity contribution in [1.29, 1.82) is 0 Å². The third-order valence-electron chi connectivity index (χ3n) is 2.80. The summed E-state index contributed by atoms with van der Waals surface area (Å²) in [6.07, 6.45) is -5.37. The van der Waals surface area contributed by atoms with Crippen LogP contribution in [0.25, 0.3) is 0 Å². The van der Waals surface area contributed by atoms with Gasteiger partial charge in [-0.2, -0.15) is 13.2 Å². The lowest BCUT2D eigenvalue weighted by Crippen LogP contribution is -2.38. The summed E-state index contributed by atoms with van der Waals surface area (Å²) in [6, 6.07) is 4.48. The van der Waals surface area contributed by atoms with Crippen LogP contribution >= 0.6 is 0 Å². The van der Waals surface area contributed by atoms with Gasteiger partial charge in [-0.1, -0.05) is 6.07 Å². The van der Waals surface area contributed by atoms with Crippen LogP contribution in [0.3, 0.4) is 0 Å². The van der Waals surface area contributed by atoms with Crippen LogP contribution in [0, 0.1) is 0 Å². The van der Waals surface area contributed by atoms with E-state index in [0.29, 0.717) is 13.0 Å². The molecular formula is C13H17F3N2O3. The van der Waals surface area contributed by atoms with E-state index in [9.17, 15) is 23.1 Å². The molecule has 0 spiro atoms. The molecule has 0 heterocycles. The Morgan fingerprint density at radius 2 is 2.10 bits per heavy atom. The molecule has 118 valence electrons. The Labute approximate surface area is 120 Å². The van der Waals surface area contributed by atoms with Crippen molar-refractivity contribution in [3.63, 3.8) is 0 Å². The number of alkyl halides is 3. The number of carboxylic acid groups (broad SMARTS) is 1. The second kappa shape index (κ2) is 7.28. The van der Waals surface area contributed by atoms with E-state index in [1.54, 1.807) is 0 Å². The lowest BCUT2D eigenvalue weighted by molar-refractivity contribution is -0.138. The van der Waals surface area contributed by atoms with Gasteiger partial charge >= 0.3 is 12.1 Å². The van der Waals surface area contributed by atoms with Crippen LogP contribution in [0.15, 0.2) is 24.3 Å². The summed E-state index contributed by atoms with van der Waals surface area (Å²) in [6.45, 7) is 0.291. The zero-order valence-electron chi connectivity index (χ0n) is 11.4. The van der Waals surface area contributed by atoms with Gasteiger partial charge in [0.15, 0.2) is 6.35 Å². The average molecular weight is 306 g/mol. The number of rotatable bonds is 7. The van der Waals surface area contributed by atoms with Gasteiger partial charge < -0.3 is 15.5 Å². The lowest BCUT2D eigenvalue weighted by atomic mass is 10.2. The molecule has 1 aromatic carbocycles. The topological polar surface area (TPSA) is 72.8 Å². The zero-order valence-corrected chi connectivity index (χ0v) is 11.4. The summed E-state index contributed by atoms with van der Waals surface area (Å²) in [4.78, 5) is 11.8. The number of aliphatic carboxylic acids is 1. The van der Waals surface area contributed by atoms with Crippen LogP contribution < -0.4 is 5.32 Å². The number of benzene rings is 1. The first-order valence-electron chi connectivity index (χ1n) is 6.24. The molecule has 1 rings (SSSR count). The molecule has 0 saturated heterocycles. The summed E-state index contributed by atoms with van der Waals surface area (Å²) in [5.41, 5.74) is -0.685. The van der Waals surface area contributed by atoms with Gasteiger partial charge in [-0.15, -0.1) is 0 Å². The molecule has 0 bridgehead atoms. The second-order valence-corrected chi connectivity index (χ2v) is 4.57. The third kappa shape index (κ3) is 6.01. The van der Waals surface area contributed by atoms with E-state index in [1.165, 1.54) is 24.1 Å². The fraction of sp³-hybridized carbons (Fsp3) is 0.462. The van der Waals surface area contributed by atoms with Crippen molar-refractivity contribution in [2.24, 2.45) is 0 Å². The number of hydrogen-bond donors (Lipinski definition) is 3. The standard InChI is InChI=1S/C13H17F3N2O3/c1-18(7-3-6-11(19)20)12(21)17-10-5-2-4-9(8-10)13(14,15)16/h2,4-5,8,12,17,21H,3,6-7H2,1H3,(H,19,20). The Bertz CT molecular complexity index is 480. The van der Waals surface area contributed by atoms with E-state index in [4.69, 9.17) is 5.11 Å². The fourth-order valence-corrected chi connectivity index (χ4v) is 1.65. The number of carboxylic acids is 1. The first-order chi connectivity index (χ1) is 9.70. The van der Waals surface area contributed by atoms with Gasteiger partial charge in [0, 0.05) is 18.7 Å². The monoisotopic (exact) mass is 306 g/mol. The van der Waals surface area contributed by atoms with Gasteiger partial charge in [0.1, 0.15) is 0 Å². The smallest absolute Gasteiger partial charge is 0.416 e. The molecule has 1 aromatic rings. The Morgan fingerprint density at radius 3 is 2.67 bits per heavy atom. The van der Waals surface area contributed by atoms with Crippen molar-refractivity contribution in [3.8, 4) is 0 Å². The summed E-state index contributed by atoms with van der Waals surface area (Å²) in [5, 5.41) is 20.8. The molecule has 1 unspecified atom stereocenters. The number of aliphatic hydroxyl groups is 1. The quantitative estimate of drug-likeness (QED) is 0.674. The molecule has 0 aliphatic heterocycles. The molecule has 8 heteroatoms. The first-order valence-corrected chi connectivity index (χ1v) is 6.24. The van der Waals surface area contributed by atoms with Crippen molar-refractivity contribution in [2.45, 2.75) is 25.4 Å². The number of halogens is 3. The molecule has 5 nitrogen and oxygen atoms in total. The highest BCUT2D eigenvalue weighted by molar-refractivity contribution is 5.66. The van der Waals surface area contributed by atoms with Crippen LogP contribution in [0.4, 0.5) is 18.9 Å². The van der Waals surface area contributed by atoms with Crippen molar-refractivity contribution >= 4 is 11.7 Å². The second-order valence-electron chi connectivity index (χ2n) is 4.57. The molecular weight excluding hydrogens is 289 g/mol. The number of aliphatic hydroxyl groups excluding tert-OH is 1. The largest absolute Gasteiger partial charge is 0.481 e. The van der Waals surface area contributed by atoms with Crippen LogP contribution in [0.1, 0.15) is 18.4 Å². The number of hydrogen-bond acceptors (Lipinski definition) is 4.